The Morgan fingerprint density at radius 2 is 1.55 bits per heavy atom. The molecule has 8 N–H and O–H groups in total. The Kier molecular flexibility index (Phi) is 13.8. The normalized spacial score (nSPS) is 12.8. The highest BCUT2D eigenvalue weighted by Gasteiger charge is 2.29. The third-order valence-electron chi connectivity index (χ3n) is 6.22. The minimum atomic E-state index is -0.997. The molecule has 0 aliphatic carbocycles. The Labute approximate surface area is 245 Å². The number of urea groups is 1. The van der Waals surface area contributed by atoms with Crippen molar-refractivity contribution in [3.05, 3.63) is 65.7 Å². The number of methoxy groups -OCH3 is 1. The minimum absolute atomic E-state index is 0.0322. The highest BCUT2D eigenvalue weighted by molar-refractivity contribution is 5.98. The first-order valence-corrected chi connectivity index (χ1v) is 13.5. The SMILES string of the molecule is COC(=O)[C@@H](N)Cc1ccc(NC(=O)C(CCCNC(N)=O)NC(=O)[C@H](NC(=O)OCc2ccccc2)C(C)C)cc1. The standard InChI is InChI=1S/C29H40N6O7/c1-18(2)24(35-29(40)42-17-20-8-5-4-6-9-20)26(37)34-23(10-7-15-32-28(31)39)25(36)33-21-13-11-19(12-14-21)16-22(30)27(38)41-3/h4-6,8-9,11-14,18,22-24H,7,10,15-17,30H2,1-3H3,(H,33,36)(H,34,37)(H,35,40)(H3,31,32,39)/t22-,23?,24+/m0/s1. The van der Waals surface area contributed by atoms with Crippen LogP contribution in [0.15, 0.2) is 54.6 Å². The number of nitrogens with one attached hydrogen (secondary N) is 4. The number of hydrogen-bond donors (Lipinski definition) is 6. The smallest absolute Gasteiger partial charge is 0.408 e. The van der Waals surface area contributed by atoms with Crippen molar-refractivity contribution in [3.63, 3.8) is 0 Å². The number of esters is 1. The number of anilines is 1. The van der Waals surface area contributed by atoms with Gasteiger partial charge >= 0.3 is 18.1 Å². The van der Waals surface area contributed by atoms with Crippen LogP contribution in [0.2, 0.25) is 0 Å². The van der Waals surface area contributed by atoms with Crippen LogP contribution in [0.5, 0.6) is 0 Å². The fourth-order valence-electron chi connectivity index (χ4n) is 3.92. The number of ether oxygens (including phenoxy) is 2. The first kappa shape index (κ1) is 33.6. The maximum atomic E-state index is 13.2. The molecule has 42 heavy (non-hydrogen) atoms. The van der Waals surface area contributed by atoms with E-state index < -0.39 is 48.0 Å². The predicted molar refractivity (Wildman–Crippen MR) is 156 cm³/mol. The van der Waals surface area contributed by atoms with Gasteiger partial charge in [0.2, 0.25) is 11.8 Å². The van der Waals surface area contributed by atoms with E-state index in [0.29, 0.717) is 12.1 Å². The minimum Gasteiger partial charge on any atom is -0.468 e. The van der Waals surface area contributed by atoms with Crippen LogP contribution in [0, 0.1) is 5.92 Å². The van der Waals surface area contributed by atoms with Crippen LogP contribution < -0.4 is 32.7 Å². The van der Waals surface area contributed by atoms with E-state index in [-0.39, 0.29) is 31.9 Å². The van der Waals surface area contributed by atoms with Gasteiger partial charge in [0, 0.05) is 12.2 Å². The van der Waals surface area contributed by atoms with Crippen molar-refractivity contribution < 1.29 is 33.4 Å². The zero-order valence-electron chi connectivity index (χ0n) is 24.1. The van der Waals surface area contributed by atoms with Gasteiger partial charge in [-0.2, -0.15) is 0 Å². The van der Waals surface area contributed by atoms with E-state index in [2.05, 4.69) is 26.0 Å². The van der Waals surface area contributed by atoms with Gasteiger partial charge in [-0.1, -0.05) is 56.3 Å². The summed E-state index contributed by atoms with van der Waals surface area (Å²) >= 11 is 0. The summed E-state index contributed by atoms with van der Waals surface area (Å²) in [6.07, 6.45) is -0.00644. The Morgan fingerprint density at radius 3 is 2.14 bits per heavy atom. The molecule has 0 fully saturated rings. The maximum absolute atomic E-state index is 13.2. The molecule has 2 rings (SSSR count). The quantitative estimate of drug-likeness (QED) is 0.134. The van der Waals surface area contributed by atoms with Crippen molar-refractivity contribution in [2.45, 2.75) is 57.8 Å². The van der Waals surface area contributed by atoms with Gasteiger partial charge in [0.15, 0.2) is 0 Å². The number of alkyl carbamates (subject to hydrolysis) is 1. The van der Waals surface area contributed by atoms with Gasteiger partial charge < -0.3 is 42.2 Å². The first-order chi connectivity index (χ1) is 20.0. The number of amides is 5. The molecule has 1 unspecified atom stereocenters. The summed E-state index contributed by atoms with van der Waals surface area (Å²) in [5.41, 5.74) is 12.9. The number of primary amides is 1. The molecule has 0 aliphatic rings. The number of hydrogen-bond acceptors (Lipinski definition) is 8. The van der Waals surface area contributed by atoms with Gasteiger partial charge in [0.25, 0.3) is 0 Å². The summed E-state index contributed by atoms with van der Waals surface area (Å²) in [5, 5.41) is 10.5. The molecule has 0 aromatic heterocycles. The largest absolute Gasteiger partial charge is 0.468 e. The lowest BCUT2D eigenvalue weighted by Crippen LogP contribution is -2.54. The molecular formula is C29H40N6O7. The molecule has 0 saturated heterocycles. The van der Waals surface area contributed by atoms with Crippen molar-refractivity contribution in [1.29, 1.82) is 0 Å². The molecule has 228 valence electrons. The van der Waals surface area contributed by atoms with E-state index in [9.17, 15) is 24.0 Å². The third kappa shape index (κ3) is 11.8. The highest BCUT2D eigenvalue weighted by Crippen LogP contribution is 2.13. The van der Waals surface area contributed by atoms with Crippen molar-refractivity contribution in [2.75, 3.05) is 19.0 Å². The molecule has 5 amide bonds. The summed E-state index contributed by atoms with van der Waals surface area (Å²) in [7, 11) is 1.26. The van der Waals surface area contributed by atoms with Gasteiger partial charge in [-0.05, 0) is 48.4 Å². The van der Waals surface area contributed by atoms with Crippen LogP contribution in [0.3, 0.4) is 0 Å². The number of benzene rings is 2. The molecule has 0 heterocycles. The molecule has 0 aliphatic heterocycles. The molecule has 0 bridgehead atoms. The van der Waals surface area contributed by atoms with E-state index in [1.165, 1.54) is 7.11 Å². The second-order valence-electron chi connectivity index (χ2n) is 9.94. The summed E-state index contributed by atoms with van der Waals surface area (Å²) in [6.45, 7) is 3.73. The molecule has 13 nitrogen and oxygen atoms in total. The fraction of sp³-hybridized carbons (Fsp3) is 0.414. The number of nitrogens with two attached hydrogens (primary N) is 2. The summed E-state index contributed by atoms with van der Waals surface area (Å²) < 4.78 is 9.89. The van der Waals surface area contributed by atoms with Crippen molar-refractivity contribution >= 4 is 35.6 Å². The van der Waals surface area contributed by atoms with Crippen molar-refractivity contribution in [1.82, 2.24) is 16.0 Å². The lowest BCUT2D eigenvalue weighted by atomic mass is 10.0. The summed E-state index contributed by atoms with van der Waals surface area (Å²) in [6, 6.07) is 12.3. The van der Waals surface area contributed by atoms with Crippen LogP contribution in [0.25, 0.3) is 0 Å². The van der Waals surface area contributed by atoms with E-state index in [0.717, 1.165) is 11.1 Å². The molecular weight excluding hydrogens is 544 g/mol. The molecule has 2 aromatic carbocycles. The van der Waals surface area contributed by atoms with Crippen molar-refractivity contribution in [2.24, 2.45) is 17.4 Å². The molecule has 0 radical (unpaired) electrons. The highest BCUT2D eigenvalue weighted by atomic mass is 16.5. The zero-order chi connectivity index (χ0) is 31.1. The Hall–Kier alpha value is -4.65. The third-order valence-corrected chi connectivity index (χ3v) is 6.22. The predicted octanol–water partition coefficient (Wildman–Crippen LogP) is 1.55. The Morgan fingerprint density at radius 1 is 0.881 bits per heavy atom. The zero-order valence-corrected chi connectivity index (χ0v) is 24.1. The molecule has 3 atom stereocenters. The van der Waals surface area contributed by atoms with E-state index in [1.807, 2.05) is 18.2 Å². The molecule has 13 heteroatoms. The van der Waals surface area contributed by atoms with Crippen LogP contribution in [-0.4, -0.2) is 61.7 Å². The fourth-order valence-corrected chi connectivity index (χ4v) is 3.92. The lowest BCUT2D eigenvalue weighted by molar-refractivity contribution is -0.142. The summed E-state index contributed by atoms with van der Waals surface area (Å²) in [5.74, 6) is -1.93. The molecule has 2 aromatic rings. The first-order valence-electron chi connectivity index (χ1n) is 13.5. The number of carbonyl (C=O) groups excluding carboxylic acids is 5. The molecule has 0 spiro atoms. The van der Waals surface area contributed by atoms with Crippen LogP contribution >= 0.6 is 0 Å². The Balaban J connectivity index is 2.06. The average molecular weight is 585 g/mol. The van der Waals surface area contributed by atoms with Crippen LogP contribution in [0.1, 0.15) is 37.8 Å². The second-order valence-corrected chi connectivity index (χ2v) is 9.94. The van der Waals surface area contributed by atoms with Gasteiger partial charge in [-0.15, -0.1) is 0 Å². The van der Waals surface area contributed by atoms with Gasteiger partial charge in [-0.25, -0.2) is 9.59 Å². The van der Waals surface area contributed by atoms with Crippen LogP contribution in [-0.2, 0) is 36.9 Å². The monoisotopic (exact) mass is 584 g/mol. The lowest BCUT2D eigenvalue weighted by Gasteiger charge is -2.25. The molecule has 0 saturated carbocycles. The Bertz CT molecular complexity index is 1190. The second kappa shape index (κ2) is 17.2. The van der Waals surface area contributed by atoms with Crippen molar-refractivity contribution in [3.8, 4) is 0 Å². The van der Waals surface area contributed by atoms with Crippen LogP contribution in [0.4, 0.5) is 15.3 Å². The van der Waals surface area contributed by atoms with Gasteiger partial charge in [0.05, 0.1) is 7.11 Å². The van der Waals surface area contributed by atoms with Gasteiger partial charge in [-0.3, -0.25) is 14.4 Å². The average Bonchev–Trinajstić information content (AvgIpc) is 2.96. The maximum Gasteiger partial charge on any atom is 0.408 e. The topological polar surface area (TPSA) is 204 Å². The number of carbonyl (C=O) groups is 5. The number of rotatable bonds is 15. The summed E-state index contributed by atoms with van der Waals surface area (Å²) in [4.78, 5) is 61.5. The van der Waals surface area contributed by atoms with E-state index in [1.54, 1.807) is 50.2 Å². The van der Waals surface area contributed by atoms with Gasteiger partial charge in [0.1, 0.15) is 24.7 Å². The van der Waals surface area contributed by atoms with E-state index >= 15 is 0 Å². The van der Waals surface area contributed by atoms with E-state index in [4.69, 9.17) is 16.2 Å².